The summed E-state index contributed by atoms with van der Waals surface area (Å²) in [6, 6.07) is -0.652. The lowest BCUT2D eigenvalue weighted by Crippen LogP contribution is -2.55. The maximum absolute atomic E-state index is 14.1. The van der Waals surface area contributed by atoms with Crippen LogP contribution in [-0.2, 0) is 24.4 Å². The number of sulfonamides is 1. The Kier molecular flexibility index (Phi) is 17.6. The van der Waals surface area contributed by atoms with E-state index in [1.54, 1.807) is 9.91 Å². The van der Waals surface area contributed by atoms with E-state index in [0.717, 1.165) is 32.1 Å². The normalized spacial score (nSPS) is 25.1. The molecule has 12 nitrogen and oxygen atoms in total. The minimum atomic E-state index is -3.74. The summed E-state index contributed by atoms with van der Waals surface area (Å²) in [5.74, 6) is -1.54. The lowest BCUT2D eigenvalue weighted by Gasteiger charge is -2.38. The molecule has 0 heterocycles. The molecule has 3 amide bonds. The summed E-state index contributed by atoms with van der Waals surface area (Å²) in [7, 11) is -0.780. The number of aliphatic hydroxyl groups is 2. The molecular weight excluding hydrogens is 622 g/mol. The molecule has 47 heavy (non-hydrogen) atoms. The van der Waals surface area contributed by atoms with E-state index in [1.807, 2.05) is 34.6 Å². The van der Waals surface area contributed by atoms with Crippen molar-refractivity contribution >= 4 is 27.7 Å². The number of nitrogens with one attached hydrogen (secondary N) is 2. The molecule has 5 unspecified atom stereocenters. The quantitative estimate of drug-likeness (QED) is 0.151. The van der Waals surface area contributed by atoms with E-state index in [2.05, 4.69) is 10.7 Å². The van der Waals surface area contributed by atoms with Crippen molar-refractivity contribution in [1.29, 1.82) is 0 Å². The van der Waals surface area contributed by atoms with Crippen LogP contribution in [0.15, 0.2) is 0 Å². The van der Waals surface area contributed by atoms with Crippen LogP contribution in [0, 0.1) is 23.7 Å². The molecule has 2 aliphatic carbocycles. The first-order chi connectivity index (χ1) is 22.1. The van der Waals surface area contributed by atoms with E-state index >= 15 is 0 Å². The van der Waals surface area contributed by atoms with Crippen molar-refractivity contribution in [3.05, 3.63) is 0 Å². The second-order valence-corrected chi connectivity index (χ2v) is 17.0. The predicted molar refractivity (Wildman–Crippen MR) is 184 cm³/mol. The zero-order chi connectivity index (χ0) is 35.3. The fraction of sp³-hybridized carbons (Fsp3) is 0.912. The third-order valence-corrected chi connectivity index (χ3v) is 11.8. The Morgan fingerprint density at radius 1 is 0.872 bits per heavy atom. The van der Waals surface area contributed by atoms with E-state index < -0.39 is 39.3 Å². The van der Waals surface area contributed by atoms with Gasteiger partial charge >= 0.3 is 0 Å². The van der Waals surface area contributed by atoms with Crippen molar-refractivity contribution in [3.8, 4) is 0 Å². The van der Waals surface area contributed by atoms with Crippen LogP contribution < -0.4 is 10.7 Å². The van der Waals surface area contributed by atoms with Crippen molar-refractivity contribution in [1.82, 2.24) is 25.0 Å². The van der Waals surface area contributed by atoms with Gasteiger partial charge in [0, 0.05) is 58.5 Å². The zero-order valence-electron chi connectivity index (χ0n) is 30.1. The van der Waals surface area contributed by atoms with E-state index in [0.29, 0.717) is 45.3 Å². The molecule has 2 fully saturated rings. The Morgan fingerprint density at radius 2 is 1.45 bits per heavy atom. The number of hydrogen-bond acceptors (Lipinski definition) is 8. The van der Waals surface area contributed by atoms with Gasteiger partial charge in [0.25, 0.3) is 0 Å². The molecule has 4 N–H and O–H groups in total. The summed E-state index contributed by atoms with van der Waals surface area (Å²) >= 11 is 0. The van der Waals surface area contributed by atoms with Gasteiger partial charge in [-0.05, 0) is 82.5 Å². The molecule has 0 aliphatic heterocycles. The lowest BCUT2D eigenvalue weighted by molar-refractivity contribution is -0.138. The number of carbonyl (C=O) groups excluding carboxylic acids is 3. The standard InChI is InChI=1S/C34H65N5O7S/c1-8-15-38(16-9-2)34(44)27-20-26(21-29(22-27)47(45,46)37(6)7)33(43)35-30(19-25-11-13-28(40)14-12-25)31(41)23-39(17-10-3)36-32(42)18-24(4)5/h24-31,40-41H,8-23H2,1-7H3,(H,35,43)(H,36,42). The SMILES string of the molecule is CCCN(CC(O)C(CC1CCC(O)CC1)NC(=O)C1CC(C(=O)N(CCC)CCC)CC(S(=O)(=O)N(C)C)C1)NC(=O)CC(C)C. The molecule has 2 saturated carbocycles. The summed E-state index contributed by atoms with van der Waals surface area (Å²) in [4.78, 5) is 42.2. The number of amides is 3. The largest absolute Gasteiger partial charge is 0.393 e. The molecule has 0 spiro atoms. The molecule has 274 valence electrons. The molecule has 0 aromatic rings. The van der Waals surface area contributed by atoms with Gasteiger partial charge in [0.15, 0.2) is 0 Å². The third kappa shape index (κ3) is 13.2. The highest BCUT2D eigenvalue weighted by atomic mass is 32.2. The summed E-state index contributed by atoms with van der Waals surface area (Å²) in [6.45, 7) is 11.7. The summed E-state index contributed by atoms with van der Waals surface area (Å²) in [6.07, 6.45) is 5.22. The van der Waals surface area contributed by atoms with Crippen molar-refractivity contribution < 1.29 is 33.0 Å². The Labute approximate surface area is 284 Å². The minimum Gasteiger partial charge on any atom is -0.393 e. The van der Waals surface area contributed by atoms with E-state index in [4.69, 9.17) is 0 Å². The lowest BCUT2D eigenvalue weighted by atomic mass is 9.79. The number of nitrogens with zero attached hydrogens (tertiary/aromatic N) is 3. The molecule has 2 aliphatic rings. The van der Waals surface area contributed by atoms with Gasteiger partial charge in [-0.15, -0.1) is 0 Å². The molecule has 0 aromatic carbocycles. The average molecular weight is 688 g/mol. The first-order valence-corrected chi connectivity index (χ1v) is 19.5. The number of hydrogen-bond donors (Lipinski definition) is 4. The van der Waals surface area contributed by atoms with Gasteiger partial charge in [0.2, 0.25) is 27.7 Å². The molecule has 2 rings (SSSR count). The second kappa shape index (κ2) is 20.0. The van der Waals surface area contributed by atoms with Crippen LogP contribution >= 0.6 is 0 Å². The first-order valence-electron chi connectivity index (χ1n) is 18.0. The van der Waals surface area contributed by atoms with Crippen LogP contribution in [0.25, 0.3) is 0 Å². The van der Waals surface area contributed by atoms with Gasteiger partial charge in [-0.1, -0.05) is 34.6 Å². The molecule has 0 bridgehead atoms. The fourth-order valence-electron chi connectivity index (χ4n) is 7.12. The van der Waals surface area contributed by atoms with Crippen LogP contribution in [0.5, 0.6) is 0 Å². The Hall–Kier alpha value is -1.80. The van der Waals surface area contributed by atoms with Crippen LogP contribution in [0.1, 0.15) is 112 Å². The Bertz CT molecular complexity index is 1070. The molecule has 0 saturated heterocycles. The number of aliphatic hydroxyl groups excluding tert-OH is 2. The van der Waals surface area contributed by atoms with E-state index in [9.17, 15) is 33.0 Å². The molecular formula is C34H65N5O7S. The number of carbonyl (C=O) groups is 3. The van der Waals surface area contributed by atoms with Gasteiger partial charge < -0.3 is 20.4 Å². The first kappa shape index (κ1) is 41.4. The van der Waals surface area contributed by atoms with Crippen molar-refractivity contribution in [2.45, 2.75) is 135 Å². The second-order valence-electron chi connectivity index (χ2n) is 14.5. The van der Waals surface area contributed by atoms with Crippen molar-refractivity contribution in [2.24, 2.45) is 23.7 Å². The van der Waals surface area contributed by atoms with Crippen molar-refractivity contribution in [3.63, 3.8) is 0 Å². The molecule has 5 atom stereocenters. The molecule has 0 radical (unpaired) electrons. The fourth-order valence-corrected chi connectivity index (χ4v) is 8.66. The maximum Gasteiger partial charge on any atom is 0.234 e. The maximum atomic E-state index is 14.1. The van der Waals surface area contributed by atoms with Gasteiger partial charge in [-0.2, -0.15) is 0 Å². The monoisotopic (exact) mass is 687 g/mol. The Morgan fingerprint density at radius 3 is 1.98 bits per heavy atom. The van der Waals surface area contributed by atoms with E-state index in [1.165, 1.54) is 18.4 Å². The number of hydrazine groups is 1. The average Bonchev–Trinajstić information content (AvgIpc) is 3.00. The van der Waals surface area contributed by atoms with Gasteiger partial charge in [-0.25, -0.2) is 17.7 Å². The highest BCUT2D eigenvalue weighted by Gasteiger charge is 2.44. The minimum absolute atomic E-state index is 0.101. The smallest absolute Gasteiger partial charge is 0.234 e. The van der Waals surface area contributed by atoms with Gasteiger partial charge in [0.05, 0.1) is 23.5 Å². The van der Waals surface area contributed by atoms with Crippen LogP contribution in [0.4, 0.5) is 0 Å². The summed E-state index contributed by atoms with van der Waals surface area (Å²) in [5, 5.41) is 25.6. The van der Waals surface area contributed by atoms with Crippen LogP contribution in [-0.4, -0.2) is 114 Å². The van der Waals surface area contributed by atoms with Gasteiger partial charge in [-0.3, -0.25) is 19.8 Å². The Balaban J connectivity index is 2.34. The molecule has 0 aromatic heterocycles. The highest BCUT2D eigenvalue weighted by Crippen LogP contribution is 2.36. The zero-order valence-corrected chi connectivity index (χ0v) is 30.9. The molecule has 13 heteroatoms. The predicted octanol–water partition coefficient (Wildman–Crippen LogP) is 2.89. The van der Waals surface area contributed by atoms with Crippen LogP contribution in [0.2, 0.25) is 0 Å². The topological polar surface area (TPSA) is 160 Å². The van der Waals surface area contributed by atoms with Gasteiger partial charge in [0.1, 0.15) is 0 Å². The highest BCUT2D eigenvalue weighted by molar-refractivity contribution is 7.89. The third-order valence-electron chi connectivity index (χ3n) is 9.59. The van der Waals surface area contributed by atoms with E-state index in [-0.39, 0.29) is 61.5 Å². The van der Waals surface area contributed by atoms with Crippen molar-refractivity contribution in [2.75, 3.05) is 40.3 Å². The number of rotatable bonds is 19. The summed E-state index contributed by atoms with van der Waals surface area (Å²) in [5.41, 5.74) is 2.92. The summed E-state index contributed by atoms with van der Waals surface area (Å²) < 4.78 is 27.9. The van der Waals surface area contributed by atoms with Crippen LogP contribution in [0.3, 0.4) is 0 Å².